The number of carbonyl (C=O) groups excluding carboxylic acids is 1. The van der Waals surface area contributed by atoms with Crippen molar-refractivity contribution in [2.45, 2.75) is 75.6 Å². The van der Waals surface area contributed by atoms with Crippen LogP contribution in [0.4, 0.5) is 0 Å². The number of halogens is 1. The molecule has 0 aliphatic heterocycles. The molecule has 1 amide bonds. The second kappa shape index (κ2) is 9.65. The first-order valence-electron chi connectivity index (χ1n) is 9.81. The molecule has 1 aliphatic carbocycles. The quantitative estimate of drug-likeness (QED) is 0.628. The van der Waals surface area contributed by atoms with Crippen LogP contribution in [0, 0.1) is 0 Å². The standard InChI is InChI=1S/C20H27ClN4O2S/c1-4-25-18(13(2)27-17-12-8-7-11-16(17)21)23-24-20(25)28-14(3)19(26)22-15-9-5-6-10-15/h7-8,11-15H,4-6,9-10H2,1-3H3,(H,22,26). The number of para-hydroxylation sites is 1. The van der Waals surface area contributed by atoms with E-state index in [9.17, 15) is 4.79 Å². The molecule has 2 atom stereocenters. The Morgan fingerprint density at radius 1 is 1.32 bits per heavy atom. The number of hydrogen-bond acceptors (Lipinski definition) is 5. The summed E-state index contributed by atoms with van der Waals surface area (Å²) in [5.41, 5.74) is 0. The third-order valence-electron chi connectivity index (χ3n) is 4.92. The number of thioether (sulfide) groups is 1. The molecule has 2 unspecified atom stereocenters. The van der Waals surface area contributed by atoms with Crippen LogP contribution in [0.5, 0.6) is 5.75 Å². The number of rotatable bonds is 8. The van der Waals surface area contributed by atoms with Crippen LogP contribution in [-0.2, 0) is 11.3 Å². The Morgan fingerprint density at radius 2 is 2.04 bits per heavy atom. The van der Waals surface area contributed by atoms with Gasteiger partial charge in [0.25, 0.3) is 0 Å². The largest absolute Gasteiger partial charge is 0.481 e. The number of benzene rings is 1. The van der Waals surface area contributed by atoms with Crippen LogP contribution in [0.1, 0.15) is 58.4 Å². The molecule has 1 aromatic heterocycles. The Hall–Kier alpha value is -1.73. The van der Waals surface area contributed by atoms with Gasteiger partial charge >= 0.3 is 0 Å². The summed E-state index contributed by atoms with van der Waals surface area (Å²) < 4.78 is 7.98. The number of amides is 1. The second-order valence-corrected chi connectivity index (χ2v) is 8.74. The summed E-state index contributed by atoms with van der Waals surface area (Å²) in [6, 6.07) is 7.68. The number of aromatic nitrogens is 3. The molecule has 0 bridgehead atoms. The second-order valence-electron chi connectivity index (χ2n) is 7.03. The summed E-state index contributed by atoms with van der Waals surface area (Å²) in [6.45, 7) is 6.55. The Labute approximate surface area is 175 Å². The summed E-state index contributed by atoms with van der Waals surface area (Å²) in [5, 5.41) is 12.8. The molecule has 1 aliphatic rings. The van der Waals surface area contributed by atoms with E-state index in [1.807, 2.05) is 43.5 Å². The van der Waals surface area contributed by atoms with Gasteiger partial charge in [0.2, 0.25) is 5.91 Å². The lowest BCUT2D eigenvalue weighted by Crippen LogP contribution is -2.37. The topological polar surface area (TPSA) is 69.0 Å². The molecular formula is C20H27ClN4O2S. The maximum Gasteiger partial charge on any atom is 0.233 e. The van der Waals surface area contributed by atoms with Crippen molar-refractivity contribution in [1.82, 2.24) is 20.1 Å². The smallest absolute Gasteiger partial charge is 0.233 e. The van der Waals surface area contributed by atoms with Crippen molar-refractivity contribution in [1.29, 1.82) is 0 Å². The van der Waals surface area contributed by atoms with Gasteiger partial charge in [0.05, 0.1) is 10.3 Å². The third-order valence-corrected chi connectivity index (χ3v) is 6.31. The van der Waals surface area contributed by atoms with E-state index in [4.69, 9.17) is 16.3 Å². The number of ether oxygens (including phenoxy) is 1. The number of nitrogens with one attached hydrogen (secondary N) is 1. The van der Waals surface area contributed by atoms with Crippen molar-refractivity contribution in [2.24, 2.45) is 0 Å². The summed E-state index contributed by atoms with van der Waals surface area (Å²) >= 11 is 7.62. The van der Waals surface area contributed by atoms with Crippen molar-refractivity contribution in [2.75, 3.05) is 0 Å². The zero-order valence-corrected chi connectivity index (χ0v) is 18.1. The minimum Gasteiger partial charge on any atom is -0.481 e. The highest BCUT2D eigenvalue weighted by molar-refractivity contribution is 8.00. The molecule has 0 spiro atoms. The summed E-state index contributed by atoms with van der Waals surface area (Å²) in [7, 11) is 0. The van der Waals surface area contributed by atoms with E-state index in [1.165, 1.54) is 24.6 Å². The maximum atomic E-state index is 12.5. The average Bonchev–Trinajstić information content (AvgIpc) is 3.33. The molecule has 2 aromatic rings. The van der Waals surface area contributed by atoms with E-state index >= 15 is 0 Å². The van der Waals surface area contributed by atoms with Gasteiger partial charge in [0.15, 0.2) is 17.1 Å². The predicted molar refractivity (Wildman–Crippen MR) is 112 cm³/mol. The van der Waals surface area contributed by atoms with E-state index in [0.717, 1.165) is 18.0 Å². The highest BCUT2D eigenvalue weighted by atomic mass is 35.5. The average molecular weight is 423 g/mol. The van der Waals surface area contributed by atoms with Gasteiger partial charge in [-0.2, -0.15) is 0 Å². The van der Waals surface area contributed by atoms with Crippen molar-refractivity contribution >= 4 is 29.3 Å². The van der Waals surface area contributed by atoms with Gasteiger partial charge in [-0.05, 0) is 45.7 Å². The molecule has 1 aromatic carbocycles. The van der Waals surface area contributed by atoms with Crippen molar-refractivity contribution in [3.63, 3.8) is 0 Å². The Bertz CT molecular complexity index is 807. The Kier molecular flexibility index (Phi) is 7.24. The molecule has 8 heteroatoms. The summed E-state index contributed by atoms with van der Waals surface area (Å²) in [4.78, 5) is 12.5. The van der Waals surface area contributed by atoms with Crippen LogP contribution in [-0.4, -0.2) is 32.0 Å². The number of hydrogen-bond donors (Lipinski definition) is 1. The Balaban J connectivity index is 1.67. The van der Waals surface area contributed by atoms with Crippen LogP contribution in [0.2, 0.25) is 5.02 Å². The van der Waals surface area contributed by atoms with Gasteiger partial charge in [0.1, 0.15) is 5.75 Å². The van der Waals surface area contributed by atoms with Gasteiger partial charge < -0.3 is 14.6 Å². The fourth-order valence-corrected chi connectivity index (χ4v) is 4.48. The fourth-order valence-electron chi connectivity index (χ4n) is 3.37. The van der Waals surface area contributed by atoms with Crippen LogP contribution in [0.15, 0.2) is 29.4 Å². The number of nitrogens with zero attached hydrogens (tertiary/aromatic N) is 3. The fraction of sp³-hybridized carbons (Fsp3) is 0.550. The highest BCUT2D eigenvalue weighted by Gasteiger charge is 2.25. The first-order valence-corrected chi connectivity index (χ1v) is 11.1. The normalized spacial score (nSPS) is 16.7. The van der Waals surface area contributed by atoms with E-state index < -0.39 is 0 Å². The Morgan fingerprint density at radius 3 is 2.71 bits per heavy atom. The minimum atomic E-state index is -0.315. The SMILES string of the molecule is CCn1c(SC(C)C(=O)NC2CCCC2)nnc1C(C)Oc1ccccc1Cl. The van der Waals surface area contributed by atoms with E-state index in [2.05, 4.69) is 15.5 Å². The molecule has 1 N–H and O–H groups in total. The summed E-state index contributed by atoms with van der Waals surface area (Å²) in [6.07, 6.45) is 4.24. The molecule has 1 saturated carbocycles. The molecule has 152 valence electrons. The van der Waals surface area contributed by atoms with Crippen molar-refractivity contribution in [3.8, 4) is 5.75 Å². The molecule has 0 radical (unpaired) electrons. The van der Waals surface area contributed by atoms with Gasteiger partial charge in [-0.25, -0.2) is 0 Å². The monoisotopic (exact) mass is 422 g/mol. The van der Waals surface area contributed by atoms with Crippen LogP contribution in [0.25, 0.3) is 0 Å². The molecule has 3 rings (SSSR count). The highest BCUT2D eigenvalue weighted by Crippen LogP contribution is 2.30. The lowest BCUT2D eigenvalue weighted by atomic mass is 10.2. The molecular weight excluding hydrogens is 396 g/mol. The first-order chi connectivity index (χ1) is 13.5. The lowest BCUT2D eigenvalue weighted by Gasteiger charge is -2.18. The van der Waals surface area contributed by atoms with Crippen molar-refractivity contribution < 1.29 is 9.53 Å². The van der Waals surface area contributed by atoms with Crippen LogP contribution in [0.3, 0.4) is 0 Å². The number of carbonyl (C=O) groups is 1. The molecule has 6 nitrogen and oxygen atoms in total. The molecule has 0 saturated heterocycles. The molecule has 1 fully saturated rings. The van der Waals surface area contributed by atoms with E-state index in [0.29, 0.717) is 29.2 Å². The maximum absolute atomic E-state index is 12.5. The van der Waals surface area contributed by atoms with Gasteiger partial charge in [-0.1, -0.05) is 48.3 Å². The van der Waals surface area contributed by atoms with Gasteiger partial charge in [-0.3, -0.25) is 4.79 Å². The zero-order chi connectivity index (χ0) is 20.1. The predicted octanol–water partition coefficient (Wildman–Crippen LogP) is 4.63. The molecule has 1 heterocycles. The van der Waals surface area contributed by atoms with Crippen LogP contribution < -0.4 is 10.1 Å². The van der Waals surface area contributed by atoms with E-state index in [-0.39, 0.29) is 17.3 Å². The van der Waals surface area contributed by atoms with Crippen LogP contribution >= 0.6 is 23.4 Å². The van der Waals surface area contributed by atoms with Gasteiger partial charge in [-0.15, -0.1) is 10.2 Å². The van der Waals surface area contributed by atoms with E-state index in [1.54, 1.807) is 6.07 Å². The molecule has 28 heavy (non-hydrogen) atoms. The summed E-state index contributed by atoms with van der Waals surface area (Å²) in [5.74, 6) is 1.39. The third kappa shape index (κ3) is 5.00. The zero-order valence-electron chi connectivity index (χ0n) is 16.5. The first kappa shape index (κ1) is 21.0. The van der Waals surface area contributed by atoms with Crippen molar-refractivity contribution in [3.05, 3.63) is 35.1 Å². The minimum absolute atomic E-state index is 0.0597. The van der Waals surface area contributed by atoms with Gasteiger partial charge in [0, 0.05) is 12.6 Å². The lowest BCUT2D eigenvalue weighted by molar-refractivity contribution is -0.120.